The van der Waals surface area contributed by atoms with Gasteiger partial charge in [-0.3, -0.25) is 47.9 Å². The fourth-order valence-corrected chi connectivity index (χ4v) is 8.81. The molecule has 0 fully saturated rings. The number of nitrogens with one attached hydrogen (secondary N) is 11. The number of hydrogen-bond donors (Lipinski definition) is 16. The molecule has 0 aliphatic carbocycles. The minimum absolute atomic E-state index is 0.00215. The maximum Gasteiger partial charge on any atom is 0.328 e. The number of rotatable bonds is 36. The highest BCUT2D eigenvalue weighted by atomic mass is 32.2. The number of para-hydroxylation sites is 1. The summed E-state index contributed by atoms with van der Waals surface area (Å²) >= 11 is 1.33. The lowest BCUT2D eigenvalue weighted by Crippen LogP contribution is -2.61. The molecular weight excluding hydrogens is 1090 g/mol. The smallest absolute Gasteiger partial charge is 0.328 e. The van der Waals surface area contributed by atoms with Crippen molar-refractivity contribution in [3.8, 4) is 0 Å². The van der Waals surface area contributed by atoms with Gasteiger partial charge in [0.1, 0.15) is 54.4 Å². The van der Waals surface area contributed by atoms with Crippen LogP contribution in [0.5, 0.6) is 0 Å². The van der Waals surface area contributed by atoms with Gasteiger partial charge in [0.05, 0.1) is 25.6 Å². The van der Waals surface area contributed by atoms with Crippen LogP contribution >= 0.6 is 11.8 Å². The van der Waals surface area contributed by atoms with E-state index in [1.54, 1.807) is 78.3 Å². The first-order valence-corrected chi connectivity index (χ1v) is 28.3. The van der Waals surface area contributed by atoms with E-state index in [1.165, 1.54) is 31.2 Å². The number of carboxylic acid groups (broad SMARTS) is 2. The average molecular weight is 1170 g/mol. The van der Waals surface area contributed by atoms with Crippen molar-refractivity contribution in [1.29, 1.82) is 0 Å². The van der Waals surface area contributed by atoms with Gasteiger partial charge in [0.25, 0.3) is 0 Å². The standard InChI is InChI=1S/C53H81N13O15S/c1-9-28(6)43(66-44(71)29(7)54)52(79)62-38(20-31-22-55-25-57-31)48(75)63-39(23-67)50(77)58-34(14-15-41(69)70)45(72)60-36(18-26(2)3)47(74)59-35(16-17-82-8)46(73)61-37(19-30-21-56-33-13-11-10-12-32(30)33)49(76)65-42(27(4)5)51(78)64-40(24-68)53(80)81/h10-13,21-22,25-29,34-40,42-43,56,67-68H,9,14-20,23-24,54H2,1-8H3,(H,55,57)(H,58,77)(H,59,74)(H,60,72)(H,61,73)(H,62,79)(H,63,75)(H,64,78)(H,65,76)(H,66,71)(H,69,70)(H,80,81)/t28-,29-,34-,35-,36-,37-,38-,39-,40-,42-,43-/m0/s1. The molecule has 17 N–H and O–H groups in total. The van der Waals surface area contributed by atoms with E-state index >= 15 is 0 Å². The molecule has 0 aliphatic rings. The van der Waals surface area contributed by atoms with E-state index in [2.05, 4.69) is 62.8 Å². The number of carboxylic acids is 2. The number of aliphatic hydroxyl groups excluding tert-OH is 2. The minimum Gasteiger partial charge on any atom is -0.481 e. The van der Waals surface area contributed by atoms with Crippen LogP contribution in [0.4, 0.5) is 0 Å². The molecule has 0 saturated carbocycles. The predicted octanol–water partition coefficient (Wildman–Crippen LogP) is -2.18. The van der Waals surface area contributed by atoms with Crippen molar-refractivity contribution in [3.05, 3.63) is 54.2 Å². The number of aromatic nitrogens is 3. The molecule has 11 atom stereocenters. The van der Waals surface area contributed by atoms with Gasteiger partial charge in [-0.25, -0.2) is 9.78 Å². The molecule has 9 amide bonds. The molecule has 2 heterocycles. The van der Waals surface area contributed by atoms with E-state index < -0.39 is 163 Å². The van der Waals surface area contributed by atoms with Crippen molar-refractivity contribution >= 4 is 87.8 Å². The number of thioether (sulfide) groups is 1. The third-order valence-electron chi connectivity index (χ3n) is 13.3. The molecular formula is C53H81N13O15S. The number of benzene rings is 1. The summed E-state index contributed by atoms with van der Waals surface area (Å²) in [5.41, 5.74) is 7.41. The lowest BCUT2D eigenvalue weighted by atomic mass is 9.97. The highest BCUT2D eigenvalue weighted by Crippen LogP contribution is 2.20. The third-order valence-corrected chi connectivity index (χ3v) is 13.9. The minimum atomic E-state index is -1.80. The molecule has 3 aromatic rings. The summed E-state index contributed by atoms with van der Waals surface area (Å²) in [6, 6.07) is -7.11. The van der Waals surface area contributed by atoms with Gasteiger partial charge in [0.2, 0.25) is 53.2 Å². The maximum absolute atomic E-state index is 14.4. The fraction of sp³-hybridized carbons (Fsp3) is 0.585. The summed E-state index contributed by atoms with van der Waals surface area (Å²) < 4.78 is 0. The quantitative estimate of drug-likeness (QED) is 0.0294. The van der Waals surface area contributed by atoms with Gasteiger partial charge in [0, 0.05) is 48.3 Å². The molecule has 3 rings (SSSR count). The Bertz CT molecular complexity index is 2650. The van der Waals surface area contributed by atoms with Gasteiger partial charge in [-0.05, 0) is 67.6 Å². The molecule has 0 saturated heterocycles. The van der Waals surface area contributed by atoms with Gasteiger partial charge >= 0.3 is 11.9 Å². The third kappa shape index (κ3) is 21.7. The highest BCUT2D eigenvalue weighted by molar-refractivity contribution is 7.98. The lowest BCUT2D eigenvalue weighted by Gasteiger charge is -2.29. The van der Waals surface area contributed by atoms with Crippen molar-refractivity contribution < 1.29 is 73.2 Å². The Morgan fingerprint density at radius 3 is 1.65 bits per heavy atom. The van der Waals surface area contributed by atoms with E-state index in [9.17, 15) is 73.2 Å². The number of amides is 9. The van der Waals surface area contributed by atoms with Crippen molar-refractivity contribution in [1.82, 2.24) is 62.8 Å². The zero-order valence-corrected chi connectivity index (χ0v) is 48.1. The van der Waals surface area contributed by atoms with E-state index in [4.69, 9.17) is 5.73 Å². The van der Waals surface area contributed by atoms with E-state index in [0.717, 1.165) is 0 Å². The number of nitrogens with two attached hydrogens (primary N) is 1. The van der Waals surface area contributed by atoms with E-state index in [-0.39, 0.29) is 31.6 Å². The summed E-state index contributed by atoms with van der Waals surface area (Å²) in [6.07, 6.45) is 4.91. The Morgan fingerprint density at radius 2 is 1.10 bits per heavy atom. The number of aromatic amines is 2. The van der Waals surface area contributed by atoms with Crippen molar-refractivity contribution in [2.75, 3.05) is 25.2 Å². The van der Waals surface area contributed by atoms with Crippen LogP contribution in [0.15, 0.2) is 43.0 Å². The van der Waals surface area contributed by atoms with Crippen LogP contribution in [0.25, 0.3) is 10.9 Å². The molecule has 82 heavy (non-hydrogen) atoms. The number of fused-ring (bicyclic) bond motifs is 1. The molecule has 2 aromatic heterocycles. The van der Waals surface area contributed by atoms with Gasteiger partial charge in [-0.2, -0.15) is 11.8 Å². The largest absolute Gasteiger partial charge is 0.481 e. The molecule has 0 aliphatic heterocycles. The van der Waals surface area contributed by atoms with Crippen LogP contribution in [0.1, 0.15) is 91.8 Å². The molecule has 0 spiro atoms. The lowest BCUT2D eigenvalue weighted by molar-refractivity contribution is -0.143. The number of hydrogen-bond acceptors (Lipinski definition) is 16. The molecule has 0 unspecified atom stereocenters. The second-order valence-corrected chi connectivity index (χ2v) is 21.7. The Labute approximate surface area is 479 Å². The molecule has 28 nitrogen and oxygen atoms in total. The number of H-pyrrole nitrogens is 2. The van der Waals surface area contributed by atoms with Crippen LogP contribution in [-0.4, -0.2) is 186 Å². The summed E-state index contributed by atoms with van der Waals surface area (Å²) in [6.45, 7) is 9.57. The van der Waals surface area contributed by atoms with Crippen LogP contribution in [0, 0.1) is 17.8 Å². The number of carbonyl (C=O) groups excluding carboxylic acids is 9. The van der Waals surface area contributed by atoms with Crippen LogP contribution in [-0.2, 0) is 65.6 Å². The summed E-state index contributed by atoms with van der Waals surface area (Å²) in [7, 11) is 0. The number of imidazole rings is 1. The molecule has 1 aromatic carbocycles. The molecule has 0 bridgehead atoms. The zero-order valence-electron chi connectivity index (χ0n) is 47.3. The normalized spacial score (nSPS) is 15.4. The van der Waals surface area contributed by atoms with Gasteiger partial charge in [-0.1, -0.05) is 66.2 Å². The predicted molar refractivity (Wildman–Crippen MR) is 301 cm³/mol. The average Bonchev–Trinajstić information content (AvgIpc) is 4.13. The molecule has 454 valence electrons. The number of aliphatic carboxylic acids is 2. The zero-order chi connectivity index (χ0) is 61.4. The number of aliphatic hydroxyl groups is 2. The Morgan fingerprint density at radius 1 is 0.598 bits per heavy atom. The van der Waals surface area contributed by atoms with E-state index in [0.29, 0.717) is 34.3 Å². The SMILES string of the molecule is CC[C@H](C)[C@H](NC(=O)[C@H](C)N)C(=O)N[C@@H](Cc1cnc[nH]1)C(=O)N[C@@H](CO)C(=O)N[C@@H](CCC(=O)O)C(=O)N[C@@H](CC(C)C)C(=O)N[C@@H](CCSC)C(=O)N[C@@H](Cc1c[nH]c2ccccc12)C(=O)N[C@H](C(=O)N[C@@H](CO)C(=O)O)C(C)C. The Hall–Kier alpha value is -7.63. The maximum atomic E-state index is 14.4. The number of carbonyl (C=O) groups is 11. The van der Waals surface area contributed by atoms with Crippen molar-refractivity contribution in [2.24, 2.45) is 23.5 Å². The second kappa shape index (κ2) is 34.0. The Kier molecular flexibility index (Phi) is 28.4. The van der Waals surface area contributed by atoms with Gasteiger partial charge in [0.15, 0.2) is 0 Å². The number of nitrogens with zero attached hydrogens (tertiary/aromatic N) is 1. The first-order valence-electron chi connectivity index (χ1n) is 26.9. The van der Waals surface area contributed by atoms with Crippen LogP contribution in [0.3, 0.4) is 0 Å². The highest BCUT2D eigenvalue weighted by Gasteiger charge is 2.37. The van der Waals surface area contributed by atoms with Crippen molar-refractivity contribution in [3.63, 3.8) is 0 Å². The first-order chi connectivity index (χ1) is 38.7. The van der Waals surface area contributed by atoms with Gasteiger partial charge in [-0.15, -0.1) is 0 Å². The second-order valence-electron chi connectivity index (χ2n) is 20.7. The van der Waals surface area contributed by atoms with Crippen LogP contribution < -0.4 is 53.6 Å². The molecule has 0 radical (unpaired) electrons. The van der Waals surface area contributed by atoms with E-state index in [1.807, 2.05) is 0 Å². The first kappa shape index (κ1) is 68.6. The fourth-order valence-electron chi connectivity index (χ4n) is 8.34. The Balaban J connectivity index is 1.92. The molecule has 29 heteroatoms. The summed E-state index contributed by atoms with van der Waals surface area (Å²) in [5.74, 6) is -12.0. The van der Waals surface area contributed by atoms with Crippen LogP contribution in [0.2, 0.25) is 0 Å². The summed E-state index contributed by atoms with van der Waals surface area (Å²) in [4.78, 5) is 158. The monoisotopic (exact) mass is 1170 g/mol. The summed E-state index contributed by atoms with van der Waals surface area (Å²) in [5, 5.41) is 62.5. The van der Waals surface area contributed by atoms with Gasteiger partial charge < -0.3 is 84.0 Å². The van der Waals surface area contributed by atoms with Crippen molar-refractivity contribution in [2.45, 2.75) is 154 Å². The topological polar surface area (TPSA) is 447 Å².